The number of aliphatic imine (C=N–C) groups is 2. The van der Waals surface area contributed by atoms with Gasteiger partial charge in [0.1, 0.15) is 0 Å². The van der Waals surface area contributed by atoms with Crippen molar-refractivity contribution in [3.8, 4) is 0 Å². The minimum atomic E-state index is 0.481. The van der Waals surface area contributed by atoms with Crippen LogP contribution in [0, 0.1) is 0 Å². The molecule has 0 aliphatic heterocycles. The lowest BCUT2D eigenvalue weighted by atomic mass is 10.3. The Balaban J connectivity index is 0.000000225. The number of nitrogens with zero attached hydrogens (tertiary/aromatic N) is 2. The van der Waals surface area contributed by atoms with E-state index in [-0.39, 0.29) is 0 Å². The standard InChI is InChI=1S/C8H4N2O2.C6H6/c11-5-9-7-1-2-8(4-3-7)10-6-12;1-2-4-6-5-3-1/h1-4H;1-6H. The van der Waals surface area contributed by atoms with Crippen LogP contribution in [0.3, 0.4) is 0 Å². The lowest BCUT2D eigenvalue weighted by Crippen LogP contribution is -1.64. The summed E-state index contributed by atoms with van der Waals surface area (Å²) in [5, 5.41) is 0. The van der Waals surface area contributed by atoms with Gasteiger partial charge in [-0.2, -0.15) is 9.98 Å². The quantitative estimate of drug-likeness (QED) is 0.595. The SMILES string of the molecule is O=C=Nc1ccc(N=C=O)cc1.c1ccccc1. The largest absolute Gasteiger partial charge is 0.240 e. The Bertz CT molecular complexity index is 488. The number of carbonyl (C=O) groups excluding carboxylic acids is 2. The second-order valence-corrected chi connectivity index (χ2v) is 3.08. The van der Waals surface area contributed by atoms with E-state index in [0.717, 1.165) is 0 Å². The predicted octanol–water partition coefficient (Wildman–Crippen LogP) is 3.31. The van der Waals surface area contributed by atoms with E-state index >= 15 is 0 Å². The molecule has 0 saturated heterocycles. The van der Waals surface area contributed by atoms with Crippen molar-refractivity contribution in [1.82, 2.24) is 0 Å². The third kappa shape index (κ3) is 5.33. The maximum Gasteiger partial charge on any atom is 0.240 e. The summed E-state index contributed by atoms with van der Waals surface area (Å²) >= 11 is 0. The molecule has 4 nitrogen and oxygen atoms in total. The van der Waals surface area contributed by atoms with Gasteiger partial charge in [-0.25, -0.2) is 9.59 Å². The van der Waals surface area contributed by atoms with Gasteiger partial charge >= 0.3 is 0 Å². The summed E-state index contributed by atoms with van der Waals surface area (Å²) in [6.45, 7) is 0. The first-order chi connectivity index (χ1) is 8.86. The summed E-state index contributed by atoms with van der Waals surface area (Å²) in [5.41, 5.74) is 0.963. The van der Waals surface area contributed by atoms with E-state index in [1.54, 1.807) is 24.3 Å². The molecule has 2 rings (SSSR count). The monoisotopic (exact) mass is 238 g/mol. The van der Waals surface area contributed by atoms with Crippen LogP contribution >= 0.6 is 0 Å². The molecule has 4 heteroatoms. The summed E-state index contributed by atoms with van der Waals surface area (Å²) in [7, 11) is 0. The Labute approximate surface area is 104 Å². The van der Waals surface area contributed by atoms with Crippen LogP contribution in [0.4, 0.5) is 11.4 Å². The fraction of sp³-hybridized carbons (Fsp3) is 0. The molecule has 0 fully saturated rings. The van der Waals surface area contributed by atoms with Gasteiger partial charge in [0.25, 0.3) is 0 Å². The van der Waals surface area contributed by atoms with Crippen molar-refractivity contribution >= 4 is 23.5 Å². The molecule has 0 unspecified atom stereocenters. The van der Waals surface area contributed by atoms with Gasteiger partial charge in [0, 0.05) is 0 Å². The average molecular weight is 238 g/mol. The number of benzene rings is 2. The van der Waals surface area contributed by atoms with Gasteiger partial charge in [-0.3, -0.25) is 0 Å². The molecule has 0 saturated carbocycles. The molecule has 0 amide bonds. The molecular weight excluding hydrogens is 228 g/mol. The van der Waals surface area contributed by atoms with Crippen LogP contribution in [0.25, 0.3) is 0 Å². The summed E-state index contributed by atoms with van der Waals surface area (Å²) in [6.07, 6.45) is 2.80. The van der Waals surface area contributed by atoms with Crippen LogP contribution in [0.2, 0.25) is 0 Å². The number of rotatable bonds is 2. The molecule has 2 aromatic carbocycles. The van der Waals surface area contributed by atoms with Gasteiger partial charge in [0.05, 0.1) is 11.4 Å². The van der Waals surface area contributed by atoms with Crippen LogP contribution in [0.5, 0.6) is 0 Å². The van der Waals surface area contributed by atoms with Crippen molar-refractivity contribution in [2.45, 2.75) is 0 Å². The Kier molecular flexibility index (Phi) is 6.16. The molecule has 2 aromatic rings. The molecular formula is C14H10N2O2. The molecule has 0 N–H and O–H groups in total. The highest BCUT2D eigenvalue weighted by Gasteiger charge is 1.89. The Morgan fingerprint density at radius 2 is 0.889 bits per heavy atom. The van der Waals surface area contributed by atoms with E-state index in [4.69, 9.17) is 0 Å². The lowest BCUT2D eigenvalue weighted by Gasteiger charge is -1.89. The molecule has 0 aliphatic rings. The van der Waals surface area contributed by atoms with Crippen molar-refractivity contribution < 1.29 is 9.59 Å². The Hall–Kier alpha value is -2.80. The van der Waals surface area contributed by atoms with E-state index in [1.165, 1.54) is 12.2 Å². The molecule has 0 bridgehead atoms. The van der Waals surface area contributed by atoms with Crippen molar-refractivity contribution in [3.63, 3.8) is 0 Å². The molecule has 0 radical (unpaired) electrons. The minimum absolute atomic E-state index is 0.481. The molecule has 0 aromatic heterocycles. The average Bonchev–Trinajstić information content (AvgIpc) is 2.44. The molecule has 0 aliphatic carbocycles. The molecule has 0 atom stereocenters. The normalized spacial score (nSPS) is 8.00. The van der Waals surface area contributed by atoms with Crippen LogP contribution < -0.4 is 0 Å². The second-order valence-electron chi connectivity index (χ2n) is 3.08. The lowest BCUT2D eigenvalue weighted by molar-refractivity contribution is 0.564. The van der Waals surface area contributed by atoms with Crippen LogP contribution in [0.1, 0.15) is 0 Å². The summed E-state index contributed by atoms with van der Waals surface area (Å²) in [4.78, 5) is 26.3. The maximum absolute atomic E-state index is 9.81. The smallest absolute Gasteiger partial charge is 0.211 e. The van der Waals surface area contributed by atoms with E-state index in [2.05, 4.69) is 9.98 Å². The molecule has 88 valence electrons. The molecule has 0 spiro atoms. The predicted molar refractivity (Wildman–Crippen MR) is 68.4 cm³/mol. The first-order valence-electron chi connectivity index (χ1n) is 5.12. The maximum atomic E-state index is 9.81. The van der Waals surface area contributed by atoms with Gasteiger partial charge in [0.2, 0.25) is 12.2 Å². The Morgan fingerprint density at radius 3 is 1.11 bits per heavy atom. The van der Waals surface area contributed by atoms with E-state index in [0.29, 0.717) is 11.4 Å². The zero-order chi connectivity index (χ0) is 13.1. The summed E-state index contributed by atoms with van der Waals surface area (Å²) in [5.74, 6) is 0. The van der Waals surface area contributed by atoms with Crippen molar-refractivity contribution in [2.75, 3.05) is 0 Å². The zero-order valence-electron chi connectivity index (χ0n) is 9.48. The fourth-order valence-electron chi connectivity index (χ4n) is 1.09. The highest BCUT2D eigenvalue weighted by molar-refractivity contribution is 5.55. The zero-order valence-corrected chi connectivity index (χ0v) is 9.48. The third-order valence-electron chi connectivity index (χ3n) is 1.87. The van der Waals surface area contributed by atoms with Gasteiger partial charge in [-0.1, -0.05) is 36.4 Å². The summed E-state index contributed by atoms with van der Waals surface area (Å²) < 4.78 is 0. The number of hydrogen-bond donors (Lipinski definition) is 0. The van der Waals surface area contributed by atoms with Crippen molar-refractivity contribution in [2.24, 2.45) is 9.98 Å². The molecule has 0 heterocycles. The topological polar surface area (TPSA) is 58.9 Å². The van der Waals surface area contributed by atoms with Gasteiger partial charge in [0.15, 0.2) is 0 Å². The number of isocyanates is 2. The second kappa shape index (κ2) is 8.36. The highest BCUT2D eigenvalue weighted by atomic mass is 16.1. The first kappa shape index (κ1) is 13.3. The van der Waals surface area contributed by atoms with E-state index < -0.39 is 0 Å². The first-order valence-corrected chi connectivity index (χ1v) is 5.12. The third-order valence-corrected chi connectivity index (χ3v) is 1.87. The van der Waals surface area contributed by atoms with E-state index in [1.807, 2.05) is 36.4 Å². The minimum Gasteiger partial charge on any atom is -0.211 e. The Morgan fingerprint density at radius 1 is 0.611 bits per heavy atom. The van der Waals surface area contributed by atoms with Crippen molar-refractivity contribution in [3.05, 3.63) is 60.7 Å². The fourth-order valence-corrected chi connectivity index (χ4v) is 1.09. The van der Waals surface area contributed by atoms with Gasteiger partial charge in [-0.15, -0.1) is 0 Å². The molecule has 18 heavy (non-hydrogen) atoms. The summed E-state index contributed by atoms with van der Waals surface area (Å²) in [6, 6.07) is 18.2. The van der Waals surface area contributed by atoms with Crippen LogP contribution in [-0.4, -0.2) is 12.2 Å². The van der Waals surface area contributed by atoms with E-state index in [9.17, 15) is 9.59 Å². The van der Waals surface area contributed by atoms with Crippen LogP contribution in [0.15, 0.2) is 70.6 Å². The van der Waals surface area contributed by atoms with Crippen LogP contribution in [-0.2, 0) is 9.59 Å². The van der Waals surface area contributed by atoms with Gasteiger partial charge < -0.3 is 0 Å². The number of hydrogen-bond acceptors (Lipinski definition) is 4. The van der Waals surface area contributed by atoms with Crippen molar-refractivity contribution in [1.29, 1.82) is 0 Å². The highest BCUT2D eigenvalue weighted by Crippen LogP contribution is 2.16. The van der Waals surface area contributed by atoms with Gasteiger partial charge in [-0.05, 0) is 24.3 Å².